The highest BCUT2D eigenvalue weighted by molar-refractivity contribution is 5.82. The first-order chi connectivity index (χ1) is 17.7. The monoisotopic (exact) mass is 516 g/mol. The molecule has 3 rings (SSSR count). The van der Waals surface area contributed by atoms with E-state index < -0.39 is 11.6 Å². The third-order valence-electron chi connectivity index (χ3n) is 5.92. The van der Waals surface area contributed by atoms with Gasteiger partial charge in [0.25, 0.3) is 0 Å². The van der Waals surface area contributed by atoms with Crippen molar-refractivity contribution in [3.05, 3.63) is 47.5 Å². The highest BCUT2D eigenvalue weighted by Gasteiger charge is 2.24. The van der Waals surface area contributed by atoms with Gasteiger partial charge < -0.3 is 16.2 Å². The van der Waals surface area contributed by atoms with E-state index in [0.29, 0.717) is 40.9 Å². The molecule has 204 valence electrons. The minimum absolute atomic E-state index is 0.0308. The van der Waals surface area contributed by atoms with Crippen molar-refractivity contribution >= 4 is 31.1 Å². The van der Waals surface area contributed by atoms with Gasteiger partial charge >= 0.3 is 0 Å². The number of hydrogen-bond acceptors (Lipinski definition) is 6. The van der Waals surface area contributed by atoms with Crippen molar-refractivity contribution < 1.29 is 13.5 Å². The molecule has 0 bridgehead atoms. The van der Waals surface area contributed by atoms with Gasteiger partial charge in [-0.1, -0.05) is 19.9 Å². The van der Waals surface area contributed by atoms with E-state index in [0.717, 1.165) is 25.9 Å². The number of benzene rings is 2. The number of anilines is 1. The van der Waals surface area contributed by atoms with E-state index in [9.17, 15) is 8.78 Å². The molecular formula is C28H42F2N6O. The number of likely N-dealkylation sites (tertiary alicyclic amines) is 1. The molecule has 1 unspecified atom stereocenters. The van der Waals surface area contributed by atoms with Crippen LogP contribution in [0.15, 0.2) is 45.3 Å². The third kappa shape index (κ3) is 10.1. The maximum absolute atomic E-state index is 14.5. The average Bonchev–Trinajstić information content (AvgIpc) is 2.91. The summed E-state index contributed by atoms with van der Waals surface area (Å²) in [6, 6.07) is 7.17. The van der Waals surface area contributed by atoms with Crippen molar-refractivity contribution in [1.82, 2.24) is 4.90 Å². The lowest BCUT2D eigenvalue weighted by molar-refractivity contribution is 0.134. The Kier molecular flexibility index (Phi) is 14.4. The number of nitrogens with zero attached hydrogens (tertiary/aromatic N) is 4. The molecule has 4 N–H and O–H groups in total. The summed E-state index contributed by atoms with van der Waals surface area (Å²) in [7, 11) is 1.70. The van der Waals surface area contributed by atoms with Crippen LogP contribution in [0.25, 0.3) is 11.1 Å². The van der Waals surface area contributed by atoms with E-state index in [1.807, 2.05) is 27.7 Å². The second-order valence-electron chi connectivity index (χ2n) is 8.70. The predicted molar refractivity (Wildman–Crippen MR) is 153 cm³/mol. The number of halogens is 2. The minimum atomic E-state index is -0.565. The van der Waals surface area contributed by atoms with Crippen LogP contribution in [0, 0.1) is 17.6 Å². The van der Waals surface area contributed by atoms with Crippen LogP contribution >= 0.6 is 0 Å². The van der Waals surface area contributed by atoms with Gasteiger partial charge in [0, 0.05) is 19.2 Å². The van der Waals surface area contributed by atoms with Gasteiger partial charge in [-0.3, -0.25) is 14.9 Å². The Morgan fingerprint density at radius 1 is 1.14 bits per heavy atom. The molecule has 9 heteroatoms. The molecule has 1 aliphatic rings. The Bertz CT molecular complexity index is 1020. The Morgan fingerprint density at radius 2 is 1.76 bits per heavy atom. The lowest BCUT2D eigenvalue weighted by Gasteiger charge is -2.33. The first-order valence-electron chi connectivity index (χ1n) is 12.5. The molecule has 0 radical (unpaired) electrons. The van der Waals surface area contributed by atoms with Crippen LogP contribution in [-0.2, 0) is 11.3 Å². The first-order valence-corrected chi connectivity index (χ1v) is 12.5. The fourth-order valence-electron chi connectivity index (χ4n) is 3.78. The predicted octanol–water partition coefficient (Wildman–Crippen LogP) is 5.84. The number of rotatable bonds is 8. The van der Waals surface area contributed by atoms with Gasteiger partial charge in [0.2, 0.25) is 0 Å². The molecule has 0 amide bonds. The summed E-state index contributed by atoms with van der Waals surface area (Å²) in [5.74, 6) is -0.693. The maximum Gasteiger partial charge on any atom is 0.146 e. The second kappa shape index (κ2) is 16.7. The van der Waals surface area contributed by atoms with Crippen LogP contribution in [0.4, 0.5) is 20.2 Å². The van der Waals surface area contributed by atoms with Crippen molar-refractivity contribution in [3.63, 3.8) is 0 Å². The van der Waals surface area contributed by atoms with E-state index in [1.165, 1.54) is 30.6 Å². The zero-order valence-electron chi connectivity index (χ0n) is 22.8. The summed E-state index contributed by atoms with van der Waals surface area (Å²) in [5, 5.41) is 0. The Morgan fingerprint density at radius 3 is 2.27 bits per heavy atom. The quantitative estimate of drug-likeness (QED) is 0.261. The van der Waals surface area contributed by atoms with Crippen molar-refractivity contribution in [3.8, 4) is 11.1 Å². The highest BCUT2D eigenvalue weighted by Crippen LogP contribution is 2.37. The number of hydrogen-bond donors (Lipinski definition) is 2. The lowest BCUT2D eigenvalue weighted by atomic mass is 9.93. The number of methoxy groups -OCH3 is 1. The molecule has 0 aliphatic carbocycles. The zero-order valence-corrected chi connectivity index (χ0v) is 22.8. The molecule has 2 aromatic carbocycles. The molecule has 0 aromatic heterocycles. The van der Waals surface area contributed by atoms with Gasteiger partial charge in [-0.05, 0) is 94.5 Å². The van der Waals surface area contributed by atoms with Crippen molar-refractivity contribution in [2.24, 2.45) is 26.6 Å². The Labute approximate surface area is 220 Å². The highest BCUT2D eigenvalue weighted by atomic mass is 19.1. The van der Waals surface area contributed by atoms with Gasteiger partial charge in [-0.25, -0.2) is 13.8 Å². The minimum Gasteiger partial charge on any atom is -0.396 e. The standard InChI is InChI=1S/C22H26F2N6.C4H10O.C2H6/c1-27-13-29-21-16(12-30-7-5-14(6-8-30)22(26)28-2)9-17(23)11-18(21)15-3-4-20(25)19(24)10-15;1-4(2)5-3;1-2/h3-4,9-11,13-14,22H,1-2,5-8,12,25-26H2;4H,1-3H3;1-2H3. The molecular weight excluding hydrogens is 474 g/mol. The molecule has 0 saturated carbocycles. The second-order valence-corrected chi connectivity index (χ2v) is 8.70. The van der Waals surface area contributed by atoms with Crippen LogP contribution in [0.3, 0.4) is 0 Å². The summed E-state index contributed by atoms with van der Waals surface area (Å²) in [5.41, 5.74) is 13.8. The van der Waals surface area contributed by atoms with Gasteiger partial charge in [-0.15, -0.1) is 0 Å². The molecule has 7 nitrogen and oxygen atoms in total. The Hall–Kier alpha value is -3.01. The van der Waals surface area contributed by atoms with Crippen LogP contribution < -0.4 is 11.5 Å². The van der Waals surface area contributed by atoms with Crippen LogP contribution in [0.5, 0.6) is 0 Å². The van der Waals surface area contributed by atoms with E-state index in [4.69, 9.17) is 16.2 Å². The lowest BCUT2D eigenvalue weighted by Crippen LogP contribution is -2.39. The third-order valence-corrected chi connectivity index (χ3v) is 5.92. The summed E-state index contributed by atoms with van der Waals surface area (Å²) < 4.78 is 33.3. The van der Waals surface area contributed by atoms with E-state index in [2.05, 4.69) is 33.3 Å². The van der Waals surface area contributed by atoms with Gasteiger partial charge in [0.05, 0.1) is 23.6 Å². The maximum atomic E-state index is 14.5. The van der Waals surface area contributed by atoms with Crippen LogP contribution in [0.1, 0.15) is 46.1 Å². The molecule has 1 saturated heterocycles. The largest absolute Gasteiger partial charge is 0.396 e. The SMILES string of the molecule is C=NC=Nc1c(CN2CCC(C(N)N=C)CC2)cc(F)cc1-c1ccc(N)c(F)c1.CC.COC(C)C. The number of nitrogen functional groups attached to an aromatic ring is 1. The summed E-state index contributed by atoms with van der Waals surface area (Å²) in [6.45, 7) is 17.0. The number of aliphatic imine (C=N–C) groups is 3. The smallest absolute Gasteiger partial charge is 0.146 e. The molecule has 2 aromatic rings. The van der Waals surface area contributed by atoms with E-state index in [-0.39, 0.29) is 11.9 Å². The number of piperidine rings is 1. The summed E-state index contributed by atoms with van der Waals surface area (Å²) in [6.07, 6.45) is 3.20. The van der Waals surface area contributed by atoms with Crippen molar-refractivity contribution in [1.29, 1.82) is 0 Å². The fourth-order valence-corrected chi connectivity index (χ4v) is 3.78. The van der Waals surface area contributed by atoms with Crippen molar-refractivity contribution in [2.75, 3.05) is 25.9 Å². The molecule has 1 atom stereocenters. The van der Waals surface area contributed by atoms with Gasteiger partial charge in [-0.2, -0.15) is 0 Å². The van der Waals surface area contributed by atoms with E-state index in [1.54, 1.807) is 13.2 Å². The van der Waals surface area contributed by atoms with Crippen molar-refractivity contribution in [2.45, 2.75) is 59.4 Å². The van der Waals surface area contributed by atoms with E-state index >= 15 is 0 Å². The molecule has 37 heavy (non-hydrogen) atoms. The number of ether oxygens (including phenoxy) is 1. The summed E-state index contributed by atoms with van der Waals surface area (Å²) in [4.78, 5) is 14.2. The normalized spacial score (nSPS) is 14.9. The molecule has 1 heterocycles. The topological polar surface area (TPSA) is 102 Å². The fraction of sp³-hybridized carbons (Fsp3) is 0.464. The molecule has 0 spiro atoms. The number of nitrogens with two attached hydrogens (primary N) is 2. The summed E-state index contributed by atoms with van der Waals surface area (Å²) >= 11 is 0. The Balaban J connectivity index is 0.000000874. The van der Waals surface area contributed by atoms with Crippen LogP contribution in [-0.4, -0.2) is 57.1 Å². The van der Waals surface area contributed by atoms with Crippen LogP contribution in [0.2, 0.25) is 0 Å². The van der Waals surface area contributed by atoms with Gasteiger partial charge in [0.15, 0.2) is 0 Å². The molecule has 1 fully saturated rings. The zero-order chi connectivity index (χ0) is 28.0. The average molecular weight is 517 g/mol. The molecule has 1 aliphatic heterocycles. The first kappa shape index (κ1) is 32.0. The van der Waals surface area contributed by atoms with Gasteiger partial charge in [0.1, 0.15) is 18.0 Å².